The second kappa shape index (κ2) is 9.36. The van der Waals surface area contributed by atoms with Gasteiger partial charge in [0.05, 0.1) is 17.1 Å². The quantitative estimate of drug-likeness (QED) is 0.315. The summed E-state index contributed by atoms with van der Waals surface area (Å²) in [6.45, 7) is 6.61. The van der Waals surface area contributed by atoms with Gasteiger partial charge in [0, 0.05) is 6.42 Å². The van der Waals surface area contributed by atoms with Crippen LogP contribution in [0.4, 0.5) is 0 Å². The number of benzene rings is 3. The zero-order chi connectivity index (χ0) is 25.5. The number of hydrogen-bond donors (Lipinski definition) is 1. The average molecular weight is 491 g/mol. The van der Waals surface area contributed by atoms with E-state index < -0.39 is 5.76 Å². The van der Waals surface area contributed by atoms with Crippen molar-refractivity contribution in [3.8, 4) is 0 Å². The van der Waals surface area contributed by atoms with E-state index in [9.17, 15) is 4.79 Å². The molecule has 0 saturated carbocycles. The SMILES string of the molecule is CCCc1nc2c(C)cccc2n1C(C)c1ccc2c(c1)CCc1ccccc1C2=Cc1noc(=O)[nH]1. The van der Waals surface area contributed by atoms with Crippen molar-refractivity contribution in [2.45, 2.75) is 52.5 Å². The van der Waals surface area contributed by atoms with E-state index in [-0.39, 0.29) is 6.04 Å². The second-order valence-corrected chi connectivity index (χ2v) is 9.88. The number of para-hydroxylation sites is 1. The molecular formula is C31H30N4O2. The molecule has 6 rings (SSSR count). The Kier molecular flexibility index (Phi) is 5.87. The van der Waals surface area contributed by atoms with Gasteiger partial charge in [-0.05, 0) is 84.2 Å². The lowest BCUT2D eigenvalue weighted by molar-refractivity contribution is 0.385. The molecule has 2 aromatic heterocycles. The van der Waals surface area contributed by atoms with Crippen molar-refractivity contribution in [3.05, 3.63) is 116 Å². The van der Waals surface area contributed by atoms with Crippen molar-refractivity contribution < 1.29 is 4.52 Å². The Morgan fingerprint density at radius 1 is 1.05 bits per heavy atom. The van der Waals surface area contributed by atoms with Gasteiger partial charge >= 0.3 is 5.76 Å². The predicted molar refractivity (Wildman–Crippen MR) is 147 cm³/mol. The number of aromatic nitrogens is 4. The van der Waals surface area contributed by atoms with E-state index in [0.717, 1.165) is 53.7 Å². The number of hydrogen-bond acceptors (Lipinski definition) is 4. The number of aromatic amines is 1. The molecule has 6 nitrogen and oxygen atoms in total. The summed E-state index contributed by atoms with van der Waals surface area (Å²) in [7, 11) is 0. The zero-order valence-corrected chi connectivity index (χ0v) is 21.4. The lowest BCUT2D eigenvalue weighted by Gasteiger charge is -2.20. The fourth-order valence-corrected chi connectivity index (χ4v) is 5.64. The van der Waals surface area contributed by atoms with Gasteiger partial charge in [-0.1, -0.05) is 66.7 Å². The Labute approximate surface area is 215 Å². The van der Waals surface area contributed by atoms with Gasteiger partial charge in [-0.2, -0.15) is 0 Å². The van der Waals surface area contributed by atoms with E-state index in [2.05, 4.69) is 96.1 Å². The monoisotopic (exact) mass is 490 g/mol. The van der Waals surface area contributed by atoms with Crippen LogP contribution in [-0.2, 0) is 19.3 Å². The van der Waals surface area contributed by atoms with Gasteiger partial charge in [0.15, 0.2) is 5.82 Å². The molecule has 3 aromatic carbocycles. The van der Waals surface area contributed by atoms with Crippen LogP contribution in [0.3, 0.4) is 0 Å². The summed E-state index contributed by atoms with van der Waals surface area (Å²) in [5.41, 5.74) is 10.7. The molecule has 5 aromatic rings. The topological polar surface area (TPSA) is 76.7 Å². The van der Waals surface area contributed by atoms with Gasteiger partial charge in [-0.15, -0.1) is 0 Å². The third kappa shape index (κ3) is 4.12. The van der Waals surface area contributed by atoms with Crippen LogP contribution in [0.25, 0.3) is 22.7 Å². The maximum Gasteiger partial charge on any atom is 0.439 e. The number of fused-ring (bicyclic) bond motifs is 3. The second-order valence-electron chi connectivity index (χ2n) is 9.88. The third-order valence-electron chi connectivity index (χ3n) is 7.47. The molecule has 2 heterocycles. The molecule has 0 spiro atoms. The maximum absolute atomic E-state index is 11.6. The normalized spacial score (nSPS) is 14.9. The predicted octanol–water partition coefficient (Wildman–Crippen LogP) is 6.27. The molecule has 1 unspecified atom stereocenters. The van der Waals surface area contributed by atoms with Crippen LogP contribution in [0.2, 0.25) is 0 Å². The Morgan fingerprint density at radius 2 is 1.86 bits per heavy atom. The first kappa shape index (κ1) is 23.2. The highest BCUT2D eigenvalue weighted by Gasteiger charge is 2.22. The van der Waals surface area contributed by atoms with E-state index >= 15 is 0 Å². The highest BCUT2D eigenvalue weighted by Crippen LogP contribution is 2.37. The molecule has 1 aliphatic rings. The molecule has 186 valence electrons. The fraction of sp³-hybridized carbons (Fsp3) is 0.258. The van der Waals surface area contributed by atoms with Crippen molar-refractivity contribution in [3.63, 3.8) is 0 Å². The molecule has 1 N–H and O–H groups in total. The standard InChI is InChI=1S/C31H30N4O2/c1-4-8-29-33-30-19(2)9-7-12-27(30)35(29)20(3)22-15-16-25-23(17-22)14-13-21-10-5-6-11-24(21)26(25)18-28-32-31(36)37-34-28/h5-7,9-12,15-18,20H,4,8,13-14H2,1-3H3,(H,32,34,36). The van der Waals surface area contributed by atoms with Gasteiger partial charge < -0.3 is 4.57 Å². The third-order valence-corrected chi connectivity index (χ3v) is 7.47. The van der Waals surface area contributed by atoms with Crippen molar-refractivity contribution in [2.24, 2.45) is 0 Å². The van der Waals surface area contributed by atoms with Crippen molar-refractivity contribution in [2.75, 3.05) is 0 Å². The van der Waals surface area contributed by atoms with Gasteiger partial charge in [-0.3, -0.25) is 9.51 Å². The van der Waals surface area contributed by atoms with E-state index in [1.807, 2.05) is 6.08 Å². The molecule has 0 saturated heterocycles. The minimum Gasteiger partial charge on any atom is -0.321 e. The first-order chi connectivity index (χ1) is 18.0. The molecule has 0 fully saturated rings. The summed E-state index contributed by atoms with van der Waals surface area (Å²) < 4.78 is 7.18. The average Bonchev–Trinajstić information content (AvgIpc) is 3.45. The Bertz CT molecular complexity index is 1700. The molecule has 1 atom stereocenters. The van der Waals surface area contributed by atoms with Crippen LogP contribution < -0.4 is 5.76 Å². The van der Waals surface area contributed by atoms with Crippen LogP contribution in [0.1, 0.15) is 71.3 Å². The fourth-order valence-electron chi connectivity index (χ4n) is 5.64. The van der Waals surface area contributed by atoms with E-state index in [1.54, 1.807) is 0 Å². The Morgan fingerprint density at radius 3 is 2.68 bits per heavy atom. The van der Waals surface area contributed by atoms with E-state index in [0.29, 0.717) is 5.82 Å². The zero-order valence-electron chi connectivity index (χ0n) is 21.4. The number of aryl methyl sites for hydroxylation is 4. The molecule has 0 amide bonds. The minimum atomic E-state index is -0.552. The van der Waals surface area contributed by atoms with Crippen molar-refractivity contribution >= 4 is 22.7 Å². The molecule has 6 heteroatoms. The molecular weight excluding hydrogens is 460 g/mol. The summed E-state index contributed by atoms with van der Waals surface area (Å²) in [5, 5.41) is 3.90. The first-order valence-corrected chi connectivity index (χ1v) is 13.0. The summed E-state index contributed by atoms with van der Waals surface area (Å²) in [6.07, 6.45) is 5.80. The number of H-pyrrole nitrogens is 1. The smallest absolute Gasteiger partial charge is 0.321 e. The summed E-state index contributed by atoms with van der Waals surface area (Å²) >= 11 is 0. The van der Waals surface area contributed by atoms with Crippen molar-refractivity contribution in [1.29, 1.82) is 0 Å². The minimum absolute atomic E-state index is 0.142. The van der Waals surface area contributed by atoms with Crippen LogP contribution in [0, 0.1) is 6.92 Å². The largest absolute Gasteiger partial charge is 0.439 e. The van der Waals surface area contributed by atoms with Gasteiger partial charge in [-0.25, -0.2) is 9.78 Å². The number of nitrogens with one attached hydrogen (secondary N) is 1. The van der Waals surface area contributed by atoms with Gasteiger partial charge in [0.1, 0.15) is 5.82 Å². The van der Waals surface area contributed by atoms with Crippen LogP contribution >= 0.6 is 0 Å². The van der Waals surface area contributed by atoms with Crippen LogP contribution in [-0.4, -0.2) is 19.7 Å². The van der Waals surface area contributed by atoms with Gasteiger partial charge in [0.25, 0.3) is 0 Å². The molecule has 37 heavy (non-hydrogen) atoms. The lowest BCUT2D eigenvalue weighted by Crippen LogP contribution is -2.11. The molecule has 0 bridgehead atoms. The summed E-state index contributed by atoms with van der Waals surface area (Å²) in [4.78, 5) is 19.3. The van der Waals surface area contributed by atoms with E-state index in [4.69, 9.17) is 9.51 Å². The molecule has 0 radical (unpaired) electrons. The Balaban J connectivity index is 1.48. The summed E-state index contributed by atoms with van der Waals surface area (Å²) in [5.74, 6) is 1.01. The Hall–Kier alpha value is -4.19. The highest BCUT2D eigenvalue weighted by atomic mass is 16.5. The lowest BCUT2D eigenvalue weighted by atomic mass is 9.91. The number of imidazole rings is 1. The number of nitrogens with zero attached hydrogens (tertiary/aromatic N) is 3. The molecule has 1 aliphatic carbocycles. The maximum atomic E-state index is 11.6. The van der Waals surface area contributed by atoms with Crippen LogP contribution in [0.15, 0.2) is 70.0 Å². The van der Waals surface area contributed by atoms with Gasteiger partial charge in [0.2, 0.25) is 0 Å². The van der Waals surface area contributed by atoms with Crippen molar-refractivity contribution in [1.82, 2.24) is 19.7 Å². The molecule has 0 aliphatic heterocycles. The van der Waals surface area contributed by atoms with Crippen LogP contribution in [0.5, 0.6) is 0 Å². The number of rotatable bonds is 5. The highest BCUT2D eigenvalue weighted by molar-refractivity contribution is 5.93. The summed E-state index contributed by atoms with van der Waals surface area (Å²) in [6, 6.07) is 21.8. The van der Waals surface area contributed by atoms with E-state index in [1.165, 1.54) is 27.8 Å². The first-order valence-electron chi connectivity index (χ1n) is 13.0.